The first kappa shape index (κ1) is 16.5. The Morgan fingerprint density at radius 1 is 1.09 bits per heavy atom. The van der Waals surface area contributed by atoms with Crippen molar-refractivity contribution in [2.45, 2.75) is 32.7 Å². The lowest BCUT2D eigenvalue weighted by Gasteiger charge is -2.26. The van der Waals surface area contributed by atoms with Crippen molar-refractivity contribution in [3.63, 3.8) is 0 Å². The van der Waals surface area contributed by atoms with E-state index in [9.17, 15) is 9.59 Å². The minimum absolute atomic E-state index is 0.140. The molecule has 1 fully saturated rings. The molecular formula is C17H25N3O2. The van der Waals surface area contributed by atoms with Gasteiger partial charge in [-0.25, -0.2) is 4.79 Å². The highest BCUT2D eigenvalue weighted by atomic mass is 16.2. The number of urea groups is 1. The van der Waals surface area contributed by atoms with Gasteiger partial charge in [-0.3, -0.25) is 9.69 Å². The van der Waals surface area contributed by atoms with Crippen molar-refractivity contribution in [3.05, 3.63) is 35.9 Å². The molecule has 1 atom stereocenters. The number of nitrogens with one attached hydrogen (secondary N) is 1. The number of carbonyl (C=O) groups is 2. The van der Waals surface area contributed by atoms with Crippen LogP contribution in [0.4, 0.5) is 4.79 Å². The third-order valence-corrected chi connectivity index (χ3v) is 4.51. The molecule has 1 heterocycles. The molecule has 1 aromatic rings. The molecule has 0 radical (unpaired) electrons. The molecular weight excluding hydrogens is 278 g/mol. The number of hydrogen-bond donors (Lipinski definition) is 1. The van der Waals surface area contributed by atoms with Gasteiger partial charge in [-0.15, -0.1) is 0 Å². The molecule has 0 aromatic heterocycles. The lowest BCUT2D eigenvalue weighted by atomic mass is 9.87. The van der Waals surface area contributed by atoms with E-state index in [0.29, 0.717) is 19.5 Å². The Morgan fingerprint density at radius 2 is 1.73 bits per heavy atom. The molecule has 5 heteroatoms. The highest BCUT2D eigenvalue weighted by Crippen LogP contribution is 2.32. The van der Waals surface area contributed by atoms with Crippen molar-refractivity contribution in [3.8, 4) is 0 Å². The molecule has 0 spiro atoms. The molecule has 1 N–H and O–H groups in total. The van der Waals surface area contributed by atoms with Gasteiger partial charge in [0.05, 0.1) is 0 Å². The largest absolute Gasteiger partial charge is 0.325 e. The smallest absolute Gasteiger partial charge is 0.319 e. The van der Waals surface area contributed by atoms with E-state index in [2.05, 4.69) is 24.1 Å². The van der Waals surface area contributed by atoms with Crippen LogP contribution in [0.3, 0.4) is 0 Å². The molecule has 22 heavy (non-hydrogen) atoms. The topological polar surface area (TPSA) is 52.6 Å². The summed E-state index contributed by atoms with van der Waals surface area (Å²) in [6.45, 7) is 9.06. The van der Waals surface area contributed by atoms with Gasteiger partial charge in [-0.1, -0.05) is 51.1 Å². The molecule has 1 saturated heterocycles. The third-order valence-electron chi connectivity index (χ3n) is 4.51. The van der Waals surface area contributed by atoms with Crippen LogP contribution in [-0.2, 0) is 10.3 Å². The van der Waals surface area contributed by atoms with Crippen LogP contribution in [0.2, 0.25) is 0 Å². The van der Waals surface area contributed by atoms with E-state index in [4.69, 9.17) is 0 Å². The second kappa shape index (κ2) is 6.92. The Morgan fingerprint density at radius 3 is 2.27 bits per heavy atom. The van der Waals surface area contributed by atoms with Crippen molar-refractivity contribution < 1.29 is 9.59 Å². The fourth-order valence-electron chi connectivity index (χ4n) is 2.97. The number of hydrogen-bond acceptors (Lipinski definition) is 3. The van der Waals surface area contributed by atoms with Crippen LogP contribution in [0.1, 0.15) is 32.8 Å². The number of likely N-dealkylation sites (N-methyl/N-ethyl adjacent to an activating group) is 1. The molecule has 3 amide bonds. The van der Waals surface area contributed by atoms with Crippen LogP contribution >= 0.6 is 0 Å². The average Bonchev–Trinajstić information content (AvgIpc) is 2.81. The summed E-state index contributed by atoms with van der Waals surface area (Å²) >= 11 is 0. The van der Waals surface area contributed by atoms with Gasteiger partial charge in [0.15, 0.2) is 0 Å². The first-order valence-electron chi connectivity index (χ1n) is 8.01. The molecule has 0 aliphatic carbocycles. The van der Waals surface area contributed by atoms with Crippen LogP contribution in [-0.4, -0.2) is 47.9 Å². The quantitative estimate of drug-likeness (QED) is 0.786. The average molecular weight is 303 g/mol. The fourth-order valence-corrected chi connectivity index (χ4v) is 2.97. The zero-order valence-corrected chi connectivity index (χ0v) is 13.6. The highest BCUT2D eigenvalue weighted by Gasteiger charge is 2.50. The van der Waals surface area contributed by atoms with Crippen LogP contribution in [0.5, 0.6) is 0 Å². The lowest BCUT2D eigenvalue weighted by molar-refractivity contribution is -0.131. The highest BCUT2D eigenvalue weighted by molar-refractivity contribution is 6.07. The fraction of sp³-hybridized carbons (Fsp3) is 0.529. The molecule has 5 nitrogen and oxygen atoms in total. The summed E-state index contributed by atoms with van der Waals surface area (Å²) in [7, 11) is 0. The summed E-state index contributed by atoms with van der Waals surface area (Å²) in [4.78, 5) is 28.7. The number of rotatable bonds is 7. The van der Waals surface area contributed by atoms with E-state index in [-0.39, 0.29) is 11.9 Å². The maximum atomic E-state index is 12.9. The Hall–Kier alpha value is -1.88. The van der Waals surface area contributed by atoms with Gasteiger partial charge >= 0.3 is 6.03 Å². The minimum Gasteiger partial charge on any atom is -0.319 e. The molecule has 1 aliphatic rings. The van der Waals surface area contributed by atoms with E-state index >= 15 is 0 Å². The minimum atomic E-state index is -0.915. The second-order valence-corrected chi connectivity index (χ2v) is 5.54. The molecule has 1 aromatic carbocycles. The first-order chi connectivity index (χ1) is 10.6. The normalized spacial score (nSPS) is 21.5. The third kappa shape index (κ3) is 2.86. The van der Waals surface area contributed by atoms with Crippen LogP contribution in [0.25, 0.3) is 0 Å². The number of nitrogens with zero attached hydrogens (tertiary/aromatic N) is 2. The number of carbonyl (C=O) groups excluding carboxylic acids is 2. The molecule has 1 aliphatic heterocycles. The molecule has 120 valence electrons. The molecule has 0 unspecified atom stereocenters. The van der Waals surface area contributed by atoms with Crippen molar-refractivity contribution in [1.82, 2.24) is 15.1 Å². The van der Waals surface area contributed by atoms with Crippen LogP contribution in [0, 0.1) is 0 Å². The zero-order valence-electron chi connectivity index (χ0n) is 13.6. The summed E-state index contributed by atoms with van der Waals surface area (Å²) in [5.74, 6) is -0.140. The van der Waals surface area contributed by atoms with E-state index in [1.54, 1.807) is 0 Å². The zero-order chi connectivity index (χ0) is 16.2. The summed E-state index contributed by atoms with van der Waals surface area (Å²) in [5.41, 5.74) is -0.0668. The molecule has 2 rings (SSSR count). The van der Waals surface area contributed by atoms with Crippen molar-refractivity contribution >= 4 is 11.9 Å². The SMILES string of the molecule is CCN(CC)CCN1C(=O)N[C@](CC)(c2ccccc2)C1=O. The molecule has 0 saturated carbocycles. The van der Waals surface area contributed by atoms with Gasteiger partial charge < -0.3 is 10.2 Å². The first-order valence-corrected chi connectivity index (χ1v) is 8.01. The lowest BCUT2D eigenvalue weighted by Crippen LogP contribution is -2.44. The van der Waals surface area contributed by atoms with Gasteiger partial charge in [0, 0.05) is 13.1 Å². The Labute approximate surface area is 132 Å². The van der Waals surface area contributed by atoms with E-state index < -0.39 is 5.54 Å². The van der Waals surface area contributed by atoms with Gasteiger partial charge in [0.1, 0.15) is 5.54 Å². The van der Waals surface area contributed by atoms with Crippen molar-refractivity contribution in [1.29, 1.82) is 0 Å². The van der Waals surface area contributed by atoms with Gasteiger partial charge in [0.2, 0.25) is 0 Å². The van der Waals surface area contributed by atoms with Crippen molar-refractivity contribution in [2.75, 3.05) is 26.2 Å². The Kier molecular flexibility index (Phi) is 5.19. The van der Waals surface area contributed by atoms with Gasteiger partial charge in [0.25, 0.3) is 5.91 Å². The summed E-state index contributed by atoms with van der Waals surface area (Å²) in [6.07, 6.45) is 0.545. The van der Waals surface area contributed by atoms with Gasteiger partial charge in [-0.2, -0.15) is 0 Å². The Balaban J connectivity index is 2.20. The number of benzene rings is 1. The maximum absolute atomic E-state index is 12.9. The van der Waals surface area contributed by atoms with E-state index in [0.717, 1.165) is 18.7 Å². The van der Waals surface area contributed by atoms with Crippen LogP contribution in [0.15, 0.2) is 30.3 Å². The van der Waals surface area contributed by atoms with E-state index in [1.807, 2.05) is 37.3 Å². The maximum Gasteiger partial charge on any atom is 0.325 e. The summed E-state index contributed by atoms with van der Waals surface area (Å²) < 4.78 is 0. The van der Waals surface area contributed by atoms with E-state index in [1.165, 1.54) is 4.90 Å². The Bertz CT molecular complexity index is 528. The second-order valence-electron chi connectivity index (χ2n) is 5.54. The molecule has 0 bridgehead atoms. The standard InChI is InChI=1S/C17H25N3O2/c1-4-17(14-10-8-7-9-11-14)15(21)20(16(22)18-17)13-12-19(5-2)6-3/h7-11H,4-6,12-13H2,1-3H3,(H,18,22)/t17-/m1/s1. The summed E-state index contributed by atoms with van der Waals surface area (Å²) in [5, 5.41) is 2.91. The van der Waals surface area contributed by atoms with Gasteiger partial charge in [-0.05, 0) is 25.1 Å². The number of amides is 3. The summed E-state index contributed by atoms with van der Waals surface area (Å²) in [6, 6.07) is 9.20. The van der Waals surface area contributed by atoms with Crippen molar-refractivity contribution in [2.24, 2.45) is 0 Å². The number of imide groups is 1. The predicted molar refractivity (Wildman–Crippen MR) is 86.4 cm³/mol. The van der Waals surface area contributed by atoms with Crippen LogP contribution < -0.4 is 5.32 Å². The predicted octanol–water partition coefficient (Wildman–Crippen LogP) is 2.19. The monoisotopic (exact) mass is 303 g/mol.